The van der Waals surface area contributed by atoms with Gasteiger partial charge in [0, 0.05) is 11.3 Å². The second-order valence-corrected chi connectivity index (χ2v) is 5.65. The van der Waals surface area contributed by atoms with E-state index in [1.807, 2.05) is 0 Å². The molecule has 0 spiro atoms. The van der Waals surface area contributed by atoms with Crippen molar-refractivity contribution < 1.29 is 18.4 Å². The fraction of sp³-hybridized carbons (Fsp3) is 0.105. The van der Waals surface area contributed by atoms with Crippen molar-refractivity contribution >= 4 is 17.3 Å². The summed E-state index contributed by atoms with van der Waals surface area (Å²) in [5, 5.41) is 3.08. The summed E-state index contributed by atoms with van der Waals surface area (Å²) in [6.45, 7) is 1.97. The van der Waals surface area contributed by atoms with E-state index in [0.717, 1.165) is 11.3 Å². The highest BCUT2D eigenvalue weighted by molar-refractivity contribution is 6.52. The van der Waals surface area contributed by atoms with Crippen molar-refractivity contribution in [2.45, 2.75) is 13.5 Å². The number of aryl methyl sites for hydroxylation is 1. The molecule has 2 aromatic carbocycles. The molecule has 1 aromatic heterocycles. The molecule has 122 valence electrons. The normalized spacial score (nSPS) is 12.4. The van der Waals surface area contributed by atoms with E-state index >= 15 is 0 Å². The quantitative estimate of drug-likeness (QED) is 0.744. The van der Waals surface area contributed by atoms with Crippen molar-refractivity contribution in [3.63, 3.8) is 0 Å². The van der Waals surface area contributed by atoms with Crippen LogP contribution in [0.25, 0.3) is 11.3 Å². The lowest BCUT2D eigenvalue weighted by Crippen LogP contribution is -2.20. The minimum absolute atomic E-state index is 0.00438. The molecule has 0 aliphatic heterocycles. The standard InChI is InChI=1S/C19H11FN2O3/c1-10-8-11(20)6-7-14(10)21-9-15-22-16-18(24)17(23)12-4-2-3-5-13(12)19(16)25-15/h3,5-8,21H,9H2,1H3. The Morgan fingerprint density at radius 3 is 2.88 bits per heavy atom. The molecule has 0 radical (unpaired) electrons. The highest BCUT2D eigenvalue weighted by Gasteiger charge is 2.35. The highest BCUT2D eigenvalue weighted by atomic mass is 19.1. The van der Waals surface area contributed by atoms with Crippen LogP contribution in [-0.2, 0) is 6.54 Å². The largest absolute Gasteiger partial charge is 0.438 e. The van der Waals surface area contributed by atoms with Gasteiger partial charge in [-0.1, -0.05) is 12.1 Å². The van der Waals surface area contributed by atoms with Crippen molar-refractivity contribution in [3.05, 3.63) is 71.0 Å². The summed E-state index contributed by atoms with van der Waals surface area (Å²) in [6.07, 6.45) is 0. The van der Waals surface area contributed by atoms with E-state index in [0.29, 0.717) is 5.56 Å². The van der Waals surface area contributed by atoms with Crippen molar-refractivity contribution in [2.75, 3.05) is 5.32 Å². The van der Waals surface area contributed by atoms with Crippen molar-refractivity contribution in [1.82, 2.24) is 4.98 Å². The number of rotatable bonds is 3. The number of carbonyl (C=O) groups excluding carboxylic acids is 2. The Hall–Kier alpha value is -3.46. The fourth-order valence-electron chi connectivity index (χ4n) is 2.75. The first kappa shape index (κ1) is 15.1. The molecule has 0 unspecified atom stereocenters. The van der Waals surface area contributed by atoms with Crippen LogP contribution in [0, 0.1) is 24.9 Å². The maximum Gasteiger partial charge on any atom is 0.256 e. The Balaban J connectivity index is 1.66. The van der Waals surface area contributed by atoms with Gasteiger partial charge in [-0.05, 0) is 42.8 Å². The topological polar surface area (TPSA) is 72.2 Å². The van der Waals surface area contributed by atoms with Crippen LogP contribution in [0.3, 0.4) is 0 Å². The van der Waals surface area contributed by atoms with Crippen LogP contribution in [0.15, 0.2) is 34.7 Å². The van der Waals surface area contributed by atoms with Crippen LogP contribution in [0.2, 0.25) is 0 Å². The lowest BCUT2D eigenvalue weighted by molar-refractivity contribution is 0.0812. The highest BCUT2D eigenvalue weighted by Crippen LogP contribution is 2.33. The van der Waals surface area contributed by atoms with Crippen LogP contribution < -0.4 is 5.32 Å². The second kappa shape index (κ2) is 5.56. The number of aromatic nitrogens is 1. The monoisotopic (exact) mass is 334 g/mol. The average molecular weight is 334 g/mol. The van der Waals surface area contributed by atoms with E-state index in [-0.39, 0.29) is 35.3 Å². The minimum atomic E-state index is -0.716. The molecule has 1 aliphatic rings. The van der Waals surface area contributed by atoms with Gasteiger partial charge in [0.25, 0.3) is 5.78 Å². The van der Waals surface area contributed by atoms with E-state index in [1.54, 1.807) is 25.1 Å². The molecule has 25 heavy (non-hydrogen) atoms. The van der Waals surface area contributed by atoms with E-state index in [4.69, 9.17) is 4.42 Å². The number of nitrogens with one attached hydrogen (secondary N) is 1. The molecule has 0 saturated carbocycles. The summed E-state index contributed by atoms with van der Waals surface area (Å²) < 4.78 is 18.8. The van der Waals surface area contributed by atoms with Gasteiger partial charge in [-0.15, -0.1) is 0 Å². The molecule has 0 amide bonds. The maximum atomic E-state index is 13.2. The van der Waals surface area contributed by atoms with Crippen molar-refractivity contribution in [2.24, 2.45) is 0 Å². The number of hydrogen-bond donors (Lipinski definition) is 1. The van der Waals surface area contributed by atoms with Crippen molar-refractivity contribution in [3.8, 4) is 11.3 Å². The van der Waals surface area contributed by atoms with Gasteiger partial charge >= 0.3 is 0 Å². The van der Waals surface area contributed by atoms with Gasteiger partial charge in [-0.2, -0.15) is 0 Å². The lowest BCUT2D eigenvalue weighted by atomic mass is 9.92. The zero-order valence-electron chi connectivity index (χ0n) is 13.1. The summed E-state index contributed by atoms with van der Waals surface area (Å²) in [5.74, 6) is -1.18. The minimum Gasteiger partial charge on any atom is -0.438 e. The zero-order chi connectivity index (χ0) is 17.6. The number of nitrogens with zero attached hydrogens (tertiary/aromatic N) is 1. The SMILES string of the molecule is Cc1cc(F)ccc1NCc1nc2c(o1)-c1ccc#cc1C(=O)C2=O. The Bertz CT molecular complexity index is 1020. The van der Waals surface area contributed by atoms with Gasteiger partial charge < -0.3 is 9.73 Å². The smallest absolute Gasteiger partial charge is 0.256 e. The summed E-state index contributed by atoms with van der Waals surface area (Å²) in [5.41, 5.74) is 2.09. The molecule has 5 nitrogen and oxygen atoms in total. The van der Waals surface area contributed by atoms with Crippen LogP contribution in [-0.4, -0.2) is 16.6 Å². The summed E-state index contributed by atoms with van der Waals surface area (Å²) in [4.78, 5) is 28.4. The number of carbonyl (C=O) groups is 2. The van der Waals surface area contributed by atoms with Gasteiger partial charge in [-0.3, -0.25) is 9.59 Å². The molecule has 1 heterocycles. The molecular weight excluding hydrogens is 323 g/mol. The first-order valence-electron chi connectivity index (χ1n) is 7.56. The molecule has 6 heteroatoms. The van der Waals surface area contributed by atoms with Gasteiger partial charge in [0.2, 0.25) is 11.7 Å². The van der Waals surface area contributed by atoms with E-state index < -0.39 is 11.6 Å². The molecule has 0 atom stereocenters. The number of Topliss-reactive ketones (excluding diaryl/α,β-unsaturated/α-hetero) is 2. The molecular formula is C19H11FN2O3. The first-order chi connectivity index (χ1) is 12.0. The summed E-state index contributed by atoms with van der Waals surface area (Å²) >= 11 is 0. The van der Waals surface area contributed by atoms with E-state index in [2.05, 4.69) is 22.4 Å². The lowest BCUT2D eigenvalue weighted by Gasteiger charge is -2.08. The third-order valence-corrected chi connectivity index (χ3v) is 3.98. The number of halogens is 1. The van der Waals surface area contributed by atoms with Gasteiger partial charge in [-0.25, -0.2) is 9.37 Å². The number of oxazole rings is 1. The molecule has 4 rings (SSSR count). The fourth-order valence-corrected chi connectivity index (χ4v) is 2.75. The Morgan fingerprint density at radius 2 is 2.08 bits per heavy atom. The van der Waals surface area contributed by atoms with Gasteiger partial charge in [0.05, 0.1) is 12.1 Å². The molecule has 0 fully saturated rings. The number of fused-ring (bicyclic) bond motifs is 3. The van der Waals surface area contributed by atoms with Crippen molar-refractivity contribution in [1.29, 1.82) is 0 Å². The van der Waals surface area contributed by atoms with Gasteiger partial charge in [0.15, 0.2) is 11.5 Å². The third kappa shape index (κ3) is 2.46. The first-order valence-corrected chi connectivity index (χ1v) is 7.56. The molecule has 1 N–H and O–H groups in total. The zero-order valence-corrected chi connectivity index (χ0v) is 13.1. The van der Waals surface area contributed by atoms with Gasteiger partial charge in [0.1, 0.15) is 5.82 Å². The second-order valence-electron chi connectivity index (χ2n) is 5.65. The summed E-state index contributed by atoms with van der Waals surface area (Å²) in [7, 11) is 0. The molecule has 3 aromatic rings. The van der Waals surface area contributed by atoms with Crippen LogP contribution in [0.4, 0.5) is 10.1 Å². The van der Waals surface area contributed by atoms with Crippen LogP contribution >= 0.6 is 0 Å². The number of hydrogen-bond acceptors (Lipinski definition) is 5. The summed E-state index contributed by atoms with van der Waals surface area (Å²) in [6, 6.07) is 12.9. The molecule has 0 saturated heterocycles. The number of benzene rings is 1. The van der Waals surface area contributed by atoms with Crippen LogP contribution in [0.5, 0.6) is 0 Å². The maximum absolute atomic E-state index is 13.2. The predicted octanol–water partition coefficient (Wildman–Crippen LogP) is 3.38. The molecule has 0 bridgehead atoms. The number of ketones is 2. The van der Waals surface area contributed by atoms with E-state index in [1.165, 1.54) is 12.1 Å². The van der Waals surface area contributed by atoms with E-state index in [9.17, 15) is 14.0 Å². The average Bonchev–Trinajstić information content (AvgIpc) is 3.03. The Morgan fingerprint density at radius 1 is 1.24 bits per heavy atom. The Labute approximate surface area is 142 Å². The molecule has 1 aliphatic carbocycles. The van der Waals surface area contributed by atoms with Crippen LogP contribution in [0.1, 0.15) is 32.3 Å². The Kier molecular flexibility index (Phi) is 3.36. The predicted molar refractivity (Wildman–Crippen MR) is 86.7 cm³/mol. The third-order valence-electron chi connectivity index (χ3n) is 3.98. The number of anilines is 1.